The molecule has 112 valence electrons. The first kappa shape index (κ1) is 18.5. The van der Waals surface area contributed by atoms with Crippen LogP contribution in [0.1, 0.15) is 33.6 Å². The summed E-state index contributed by atoms with van der Waals surface area (Å²) in [6.07, 6.45) is 2.40. The maximum atomic E-state index is 11.4. The van der Waals surface area contributed by atoms with Gasteiger partial charge in [-0.3, -0.25) is 4.79 Å². The number of piperidine rings is 1. The number of aliphatic imine (C=N–C) groups is 1. The quantitative estimate of drug-likeness (QED) is 0.440. The van der Waals surface area contributed by atoms with E-state index in [2.05, 4.69) is 27.4 Å². The molecule has 19 heavy (non-hydrogen) atoms. The summed E-state index contributed by atoms with van der Waals surface area (Å²) in [6, 6.07) is 0. The summed E-state index contributed by atoms with van der Waals surface area (Å²) < 4.78 is 0. The molecule has 1 rings (SSSR count). The van der Waals surface area contributed by atoms with Crippen molar-refractivity contribution in [2.75, 3.05) is 32.7 Å². The van der Waals surface area contributed by atoms with Crippen molar-refractivity contribution in [1.82, 2.24) is 15.5 Å². The Morgan fingerprint density at radius 2 is 1.79 bits per heavy atom. The van der Waals surface area contributed by atoms with Crippen molar-refractivity contribution in [3.63, 3.8) is 0 Å². The Bertz CT molecular complexity index is 288. The molecule has 1 heterocycles. The van der Waals surface area contributed by atoms with Crippen LogP contribution in [0.3, 0.4) is 0 Å². The maximum Gasteiger partial charge on any atom is 0.241 e. The van der Waals surface area contributed by atoms with E-state index in [4.69, 9.17) is 0 Å². The molecule has 0 bridgehead atoms. The van der Waals surface area contributed by atoms with Gasteiger partial charge in [-0.2, -0.15) is 0 Å². The molecule has 0 aliphatic carbocycles. The SMILES string of the molecule is CCNC(=O)CN=C(NCC)N1CCC(C)CC1.I. The molecular formula is C13H27IN4O. The standard InChI is InChI=1S/C13H26N4O.HI/c1-4-14-12(18)10-16-13(15-5-2)17-8-6-11(3)7-9-17;/h11H,4-10H2,1-3H3,(H,14,18)(H,15,16);1H. The van der Waals surface area contributed by atoms with Gasteiger partial charge in [-0.15, -0.1) is 24.0 Å². The van der Waals surface area contributed by atoms with Crippen LogP contribution in [-0.4, -0.2) is 49.5 Å². The smallest absolute Gasteiger partial charge is 0.241 e. The Labute approximate surface area is 133 Å². The number of nitrogens with one attached hydrogen (secondary N) is 2. The highest BCUT2D eigenvalue weighted by Crippen LogP contribution is 2.15. The zero-order valence-electron chi connectivity index (χ0n) is 12.2. The van der Waals surface area contributed by atoms with Crippen LogP contribution in [0.15, 0.2) is 4.99 Å². The average Bonchev–Trinajstić information content (AvgIpc) is 2.36. The molecule has 0 unspecified atom stereocenters. The number of rotatable bonds is 4. The topological polar surface area (TPSA) is 56.7 Å². The third kappa shape index (κ3) is 6.98. The van der Waals surface area contributed by atoms with Crippen molar-refractivity contribution in [3.05, 3.63) is 0 Å². The molecule has 6 heteroatoms. The van der Waals surface area contributed by atoms with Gasteiger partial charge in [-0.1, -0.05) is 6.92 Å². The molecule has 0 aromatic heterocycles. The van der Waals surface area contributed by atoms with E-state index >= 15 is 0 Å². The van der Waals surface area contributed by atoms with Gasteiger partial charge in [0, 0.05) is 26.2 Å². The minimum Gasteiger partial charge on any atom is -0.357 e. The lowest BCUT2D eigenvalue weighted by atomic mass is 10.00. The van der Waals surface area contributed by atoms with Gasteiger partial charge < -0.3 is 15.5 Å². The van der Waals surface area contributed by atoms with Crippen molar-refractivity contribution >= 4 is 35.8 Å². The zero-order valence-corrected chi connectivity index (χ0v) is 14.6. The number of likely N-dealkylation sites (N-methyl/N-ethyl adjacent to an activating group) is 1. The largest absolute Gasteiger partial charge is 0.357 e. The van der Waals surface area contributed by atoms with Crippen LogP contribution in [0.5, 0.6) is 0 Å². The highest BCUT2D eigenvalue weighted by Gasteiger charge is 2.18. The van der Waals surface area contributed by atoms with Gasteiger partial charge in [0.25, 0.3) is 0 Å². The predicted octanol–water partition coefficient (Wildman–Crippen LogP) is 1.44. The molecular weight excluding hydrogens is 355 g/mol. The highest BCUT2D eigenvalue weighted by atomic mass is 127. The van der Waals surface area contributed by atoms with Crippen molar-refractivity contribution in [1.29, 1.82) is 0 Å². The molecule has 1 amide bonds. The second-order valence-corrected chi connectivity index (χ2v) is 4.79. The number of likely N-dealkylation sites (tertiary alicyclic amines) is 1. The summed E-state index contributed by atoms with van der Waals surface area (Å²) in [5.74, 6) is 1.65. The molecule has 0 atom stereocenters. The molecule has 0 radical (unpaired) electrons. The second kappa shape index (κ2) is 10.3. The monoisotopic (exact) mass is 382 g/mol. The zero-order chi connectivity index (χ0) is 13.4. The number of amides is 1. The van der Waals surface area contributed by atoms with Crippen LogP contribution in [-0.2, 0) is 4.79 Å². The van der Waals surface area contributed by atoms with Crippen LogP contribution in [0.4, 0.5) is 0 Å². The van der Waals surface area contributed by atoms with Crippen molar-refractivity contribution in [3.8, 4) is 0 Å². The Morgan fingerprint density at radius 1 is 1.21 bits per heavy atom. The minimum atomic E-state index is -0.0155. The molecule has 1 fully saturated rings. The average molecular weight is 382 g/mol. The van der Waals surface area contributed by atoms with Gasteiger partial charge in [0.15, 0.2) is 5.96 Å². The molecule has 0 aromatic carbocycles. The Balaban J connectivity index is 0.00000324. The van der Waals surface area contributed by atoms with Gasteiger partial charge in [0.1, 0.15) is 6.54 Å². The third-order valence-corrected chi connectivity index (χ3v) is 3.16. The number of hydrogen-bond acceptors (Lipinski definition) is 2. The summed E-state index contributed by atoms with van der Waals surface area (Å²) in [5.41, 5.74) is 0. The molecule has 2 N–H and O–H groups in total. The molecule has 0 spiro atoms. The molecule has 5 nitrogen and oxygen atoms in total. The fourth-order valence-corrected chi connectivity index (χ4v) is 2.05. The fraction of sp³-hybridized carbons (Fsp3) is 0.846. The van der Waals surface area contributed by atoms with Crippen LogP contribution >= 0.6 is 24.0 Å². The number of nitrogens with zero attached hydrogens (tertiary/aromatic N) is 2. The number of carbonyl (C=O) groups is 1. The lowest BCUT2D eigenvalue weighted by Gasteiger charge is -2.32. The molecule has 1 saturated heterocycles. The number of guanidine groups is 1. The lowest BCUT2D eigenvalue weighted by Crippen LogP contribution is -2.45. The van der Waals surface area contributed by atoms with Crippen LogP contribution in [0.25, 0.3) is 0 Å². The highest BCUT2D eigenvalue weighted by molar-refractivity contribution is 14.0. The van der Waals surface area contributed by atoms with Gasteiger partial charge in [0.2, 0.25) is 5.91 Å². The molecule has 1 aliphatic heterocycles. The van der Waals surface area contributed by atoms with E-state index in [1.54, 1.807) is 0 Å². The maximum absolute atomic E-state index is 11.4. The summed E-state index contributed by atoms with van der Waals surface area (Å²) >= 11 is 0. The normalized spacial score (nSPS) is 16.8. The van der Waals surface area contributed by atoms with E-state index in [1.807, 2.05) is 13.8 Å². The Morgan fingerprint density at radius 3 is 2.32 bits per heavy atom. The van der Waals surface area contributed by atoms with Crippen molar-refractivity contribution in [2.45, 2.75) is 33.6 Å². The van der Waals surface area contributed by atoms with E-state index in [0.29, 0.717) is 6.54 Å². The number of halogens is 1. The predicted molar refractivity (Wildman–Crippen MR) is 90.0 cm³/mol. The minimum absolute atomic E-state index is 0. The van der Waals surface area contributed by atoms with E-state index < -0.39 is 0 Å². The van der Waals surface area contributed by atoms with Crippen LogP contribution in [0.2, 0.25) is 0 Å². The van der Waals surface area contributed by atoms with E-state index in [-0.39, 0.29) is 36.4 Å². The van der Waals surface area contributed by atoms with E-state index in [9.17, 15) is 4.79 Å². The first-order valence-electron chi connectivity index (χ1n) is 6.97. The third-order valence-electron chi connectivity index (χ3n) is 3.16. The van der Waals surface area contributed by atoms with Gasteiger partial charge in [0.05, 0.1) is 0 Å². The van der Waals surface area contributed by atoms with Crippen molar-refractivity contribution < 1.29 is 4.79 Å². The van der Waals surface area contributed by atoms with Crippen LogP contribution < -0.4 is 10.6 Å². The first-order valence-corrected chi connectivity index (χ1v) is 6.97. The van der Waals surface area contributed by atoms with E-state index in [0.717, 1.165) is 31.5 Å². The summed E-state index contributed by atoms with van der Waals surface area (Å²) in [7, 11) is 0. The number of hydrogen-bond donors (Lipinski definition) is 2. The first-order chi connectivity index (χ1) is 8.67. The number of carbonyl (C=O) groups excluding carboxylic acids is 1. The summed E-state index contributed by atoms with van der Waals surface area (Å²) in [4.78, 5) is 18.1. The van der Waals surface area contributed by atoms with Gasteiger partial charge >= 0.3 is 0 Å². The lowest BCUT2D eigenvalue weighted by molar-refractivity contribution is -0.119. The fourth-order valence-electron chi connectivity index (χ4n) is 2.05. The molecule has 0 aromatic rings. The van der Waals surface area contributed by atoms with Gasteiger partial charge in [-0.25, -0.2) is 4.99 Å². The molecule has 1 aliphatic rings. The van der Waals surface area contributed by atoms with Crippen molar-refractivity contribution in [2.24, 2.45) is 10.9 Å². The summed E-state index contributed by atoms with van der Waals surface area (Å²) in [6.45, 7) is 10.0. The second-order valence-electron chi connectivity index (χ2n) is 4.79. The molecule has 0 saturated carbocycles. The van der Waals surface area contributed by atoms with Crippen LogP contribution in [0, 0.1) is 5.92 Å². The Kier molecular flexibility index (Phi) is 9.99. The van der Waals surface area contributed by atoms with E-state index in [1.165, 1.54) is 12.8 Å². The van der Waals surface area contributed by atoms with Gasteiger partial charge in [-0.05, 0) is 32.6 Å². The Hall–Kier alpha value is -0.530. The summed E-state index contributed by atoms with van der Waals surface area (Å²) in [5, 5.41) is 6.02.